The minimum absolute atomic E-state index is 0.270. The average molecular weight is 298 g/mol. The van der Waals surface area contributed by atoms with E-state index in [4.69, 9.17) is 0 Å². The molecular formula is C19H26N2O. The zero-order chi connectivity index (χ0) is 15.7. The summed E-state index contributed by atoms with van der Waals surface area (Å²) in [7, 11) is 0. The minimum atomic E-state index is -0.270. The highest BCUT2D eigenvalue weighted by atomic mass is 16.2. The third kappa shape index (κ3) is 2.33. The Balaban J connectivity index is 2.01. The second-order valence-corrected chi connectivity index (χ2v) is 6.54. The van der Waals surface area contributed by atoms with Crippen LogP contribution in [-0.4, -0.2) is 28.9 Å². The van der Waals surface area contributed by atoms with Crippen LogP contribution in [0.15, 0.2) is 24.3 Å². The zero-order valence-electron chi connectivity index (χ0n) is 13.9. The summed E-state index contributed by atoms with van der Waals surface area (Å²) in [5.41, 5.74) is 3.27. The second-order valence-electron chi connectivity index (χ2n) is 6.54. The van der Waals surface area contributed by atoms with Crippen molar-refractivity contribution in [1.29, 1.82) is 0 Å². The molecule has 118 valence electrons. The van der Waals surface area contributed by atoms with Crippen LogP contribution in [0.1, 0.15) is 50.8 Å². The third-order valence-electron chi connectivity index (χ3n) is 4.81. The lowest BCUT2D eigenvalue weighted by Crippen LogP contribution is -2.40. The Labute approximate surface area is 132 Å². The van der Waals surface area contributed by atoms with E-state index < -0.39 is 0 Å². The van der Waals surface area contributed by atoms with Crippen LogP contribution in [0.25, 0.3) is 10.9 Å². The highest BCUT2D eigenvalue weighted by molar-refractivity contribution is 5.98. The molecule has 1 heterocycles. The first-order valence-corrected chi connectivity index (χ1v) is 8.51. The van der Waals surface area contributed by atoms with Crippen LogP contribution in [-0.2, 0) is 10.2 Å². The normalized spacial score (nSPS) is 16.0. The molecule has 3 nitrogen and oxygen atoms in total. The zero-order valence-corrected chi connectivity index (χ0v) is 13.9. The Hall–Kier alpha value is -1.77. The van der Waals surface area contributed by atoms with Gasteiger partial charge in [0, 0.05) is 29.7 Å². The Morgan fingerprint density at radius 1 is 1.18 bits per heavy atom. The fourth-order valence-corrected chi connectivity index (χ4v) is 3.75. The average Bonchev–Trinajstić information content (AvgIpc) is 3.23. The third-order valence-corrected chi connectivity index (χ3v) is 4.81. The number of carbonyl (C=O) groups is 1. The van der Waals surface area contributed by atoms with Crippen LogP contribution in [0.5, 0.6) is 0 Å². The van der Waals surface area contributed by atoms with Gasteiger partial charge in [0.05, 0.1) is 5.41 Å². The van der Waals surface area contributed by atoms with Gasteiger partial charge in [0.2, 0.25) is 5.91 Å². The van der Waals surface area contributed by atoms with Crippen molar-refractivity contribution < 1.29 is 4.79 Å². The summed E-state index contributed by atoms with van der Waals surface area (Å²) in [6.45, 7) is 8.14. The minimum Gasteiger partial charge on any atom is -0.358 e. The monoisotopic (exact) mass is 298 g/mol. The lowest BCUT2D eigenvalue weighted by molar-refractivity contribution is -0.134. The van der Waals surface area contributed by atoms with Gasteiger partial charge in [-0.2, -0.15) is 0 Å². The first kappa shape index (κ1) is 15.1. The summed E-state index contributed by atoms with van der Waals surface area (Å²) in [6, 6.07) is 8.35. The number of aromatic amines is 1. The lowest BCUT2D eigenvalue weighted by Gasteiger charge is -2.27. The number of aryl methyl sites for hydroxylation is 1. The van der Waals surface area contributed by atoms with Crippen LogP contribution >= 0.6 is 0 Å². The van der Waals surface area contributed by atoms with E-state index in [0.717, 1.165) is 50.0 Å². The number of para-hydroxylation sites is 1. The van der Waals surface area contributed by atoms with Gasteiger partial charge in [0.25, 0.3) is 0 Å². The molecule has 2 aromatic rings. The molecule has 0 atom stereocenters. The molecule has 3 rings (SSSR count). The van der Waals surface area contributed by atoms with Crippen LogP contribution < -0.4 is 0 Å². The number of H-pyrrole nitrogens is 1. The predicted molar refractivity (Wildman–Crippen MR) is 91.1 cm³/mol. The molecule has 0 saturated heterocycles. The highest BCUT2D eigenvalue weighted by Crippen LogP contribution is 2.53. The van der Waals surface area contributed by atoms with Crippen molar-refractivity contribution >= 4 is 16.8 Å². The Bertz CT molecular complexity index is 676. The highest BCUT2D eigenvalue weighted by Gasteiger charge is 2.54. The topological polar surface area (TPSA) is 36.1 Å². The number of rotatable bonds is 6. The molecule has 1 N–H and O–H groups in total. The Morgan fingerprint density at radius 3 is 2.41 bits per heavy atom. The molecule has 1 aliphatic rings. The molecule has 0 unspecified atom stereocenters. The van der Waals surface area contributed by atoms with E-state index in [9.17, 15) is 4.79 Å². The number of nitrogens with one attached hydrogen (secondary N) is 1. The molecule has 1 aliphatic carbocycles. The first-order valence-electron chi connectivity index (χ1n) is 8.51. The molecule has 22 heavy (non-hydrogen) atoms. The maximum Gasteiger partial charge on any atom is 0.233 e. The summed E-state index contributed by atoms with van der Waals surface area (Å²) >= 11 is 0. The number of amides is 1. The fraction of sp³-hybridized carbons (Fsp3) is 0.526. The molecule has 1 saturated carbocycles. The summed E-state index contributed by atoms with van der Waals surface area (Å²) in [6.07, 6.45) is 4.01. The Morgan fingerprint density at radius 2 is 1.82 bits per heavy atom. The van der Waals surface area contributed by atoms with E-state index in [1.54, 1.807) is 0 Å². The van der Waals surface area contributed by atoms with Gasteiger partial charge in [-0.1, -0.05) is 32.0 Å². The van der Waals surface area contributed by atoms with Gasteiger partial charge in [-0.25, -0.2) is 0 Å². The SMILES string of the molecule is CCCN(CCC)C(=O)C1(c2c(C)[nH]c3ccccc23)CC1. The van der Waals surface area contributed by atoms with Gasteiger partial charge in [0.15, 0.2) is 0 Å². The molecule has 0 radical (unpaired) electrons. The van der Waals surface area contributed by atoms with Crippen molar-refractivity contribution in [2.45, 2.75) is 51.9 Å². The van der Waals surface area contributed by atoms with Crippen LogP contribution in [0.3, 0.4) is 0 Å². The smallest absolute Gasteiger partial charge is 0.233 e. The molecule has 0 bridgehead atoms. The molecule has 0 spiro atoms. The number of hydrogen-bond acceptors (Lipinski definition) is 1. The summed E-state index contributed by atoms with van der Waals surface area (Å²) < 4.78 is 0. The Kier molecular flexibility index (Phi) is 3.98. The van der Waals surface area contributed by atoms with E-state index in [-0.39, 0.29) is 5.41 Å². The molecule has 1 aromatic heterocycles. The number of nitrogens with zero attached hydrogens (tertiary/aromatic N) is 1. The van der Waals surface area contributed by atoms with Crippen LogP contribution in [0.4, 0.5) is 0 Å². The van der Waals surface area contributed by atoms with Gasteiger partial charge in [-0.3, -0.25) is 4.79 Å². The lowest BCUT2D eigenvalue weighted by atomic mass is 9.91. The maximum absolute atomic E-state index is 13.2. The van der Waals surface area contributed by atoms with Gasteiger partial charge >= 0.3 is 0 Å². The van der Waals surface area contributed by atoms with Crippen molar-refractivity contribution in [1.82, 2.24) is 9.88 Å². The standard InChI is InChI=1S/C19H26N2O/c1-4-12-21(13-5-2)18(22)19(10-11-19)17-14(3)20-16-9-7-6-8-15(16)17/h6-9,20H,4-5,10-13H2,1-3H3. The van der Waals surface area contributed by atoms with E-state index in [1.807, 2.05) is 6.07 Å². The van der Waals surface area contributed by atoms with Gasteiger partial charge in [-0.15, -0.1) is 0 Å². The largest absolute Gasteiger partial charge is 0.358 e. The predicted octanol–water partition coefficient (Wildman–Crippen LogP) is 4.16. The van der Waals surface area contributed by atoms with Gasteiger partial charge in [-0.05, 0) is 44.2 Å². The first-order chi connectivity index (χ1) is 10.6. The number of carbonyl (C=O) groups excluding carboxylic acids is 1. The van der Waals surface area contributed by atoms with Crippen molar-refractivity contribution in [2.24, 2.45) is 0 Å². The van der Waals surface area contributed by atoms with Crippen molar-refractivity contribution in [3.63, 3.8) is 0 Å². The van der Waals surface area contributed by atoms with Crippen molar-refractivity contribution in [2.75, 3.05) is 13.1 Å². The number of benzene rings is 1. The van der Waals surface area contributed by atoms with E-state index >= 15 is 0 Å². The molecule has 0 aliphatic heterocycles. The van der Waals surface area contributed by atoms with E-state index in [2.05, 4.69) is 48.9 Å². The molecule has 1 fully saturated rings. The number of fused-ring (bicyclic) bond motifs is 1. The van der Waals surface area contributed by atoms with Crippen LogP contribution in [0, 0.1) is 6.92 Å². The molecule has 3 heteroatoms. The fourth-order valence-electron chi connectivity index (χ4n) is 3.75. The van der Waals surface area contributed by atoms with E-state index in [0.29, 0.717) is 5.91 Å². The quantitative estimate of drug-likeness (QED) is 0.854. The van der Waals surface area contributed by atoms with Crippen molar-refractivity contribution in [3.8, 4) is 0 Å². The molecule has 1 aromatic carbocycles. The summed E-state index contributed by atoms with van der Waals surface area (Å²) in [4.78, 5) is 18.8. The maximum atomic E-state index is 13.2. The second kappa shape index (κ2) is 5.79. The number of hydrogen-bond donors (Lipinski definition) is 1. The van der Waals surface area contributed by atoms with Gasteiger partial charge < -0.3 is 9.88 Å². The summed E-state index contributed by atoms with van der Waals surface area (Å²) in [5, 5.41) is 1.22. The van der Waals surface area contributed by atoms with Crippen LogP contribution in [0.2, 0.25) is 0 Å². The van der Waals surface area contributed by atoms with E-state index in [1.165, 1.54) is 10.9 Å². The van der Waals surface area contributed by atoms with Crippen molar-refractivity contribution in [3.05, 3.63) is 35.5 Å². The molecular weight excluding hydrogens is 272 g/mol. The summed E-state index contributed by atoms with van der Waals surface area (Å²) in [5.74, 6) is 0.337. The van der Waals surface area contributed by atoms with Gasteiger partial charge in [0.1, 0.15) is 0 Å². The number of aromatic nitrogens is 1. The molecule has 1 amide bonds.